The lowest BCUT2D eigenvalue weighted by atomic mass is 10.0. The largest absolute Gasteiger partial charge is 0.379 e. The maximum Gasteiger partial charge on any atom is 0.0737 e. The van der Waals surface area contributed by atoms with Gasteiger partial charge in [-0.3, -0.25) is 0 Å². The quantitative estimate of drug-likeness (QED) is 0.744. The van der Waals surface area contributed by atoms with Crippen molar-refractivity contribution in [2.75, 3.05) is 0 Å². The number of aromatic amines is 1. The van der Waals surface area contributed by atoms with Crippen LogP contribution in [0.25, 0.3) is 17.8 Å². The molecule has 1 aromatic carbocycles. The summed E-state index contributed by atoms with van der Waals surface area (Å²) in [5, 5.41) is 5.72. The average Bonchev–Trinajstić information content (AvgIpc) is 3.47. The van der Waals surface area contributed by atoms with E-state index in [9.17, 15) is 0 Å². The summed E-state index contributed by atoms with van der Waals surface area (Å²) in [6, 6.07) is 12.8. The number of rotatable bonds is 0. The first-order chi connectivity index (χ1) is 13.8. The average molecular weight is 362 g/mol. The van der Waals surface area contributed by atoms with E-state index in [-0.39, 0.29) is 6.04 Å². The van der Waals surface area contributed by atoms with Gasteiger partial charge in [0, 0.05) is 27.5 Å². The van der Waals surface area contributed by atoms with Crippen molar-refractivity contribution in [3.8, 4) is 0 Å². The normalized spacial score (nSPS) is 27.6. The minimum absolute atomic E-state index is 0.245. The van der Waals surface area contributed by atoms with Crippen molar-refractivity contribution in [3.63, 3.8) is 0 Å². The maximum absolute atomic E-state index is 4.94. The van der Waals surface area contributed by atoms with E-state index in [1.807, 2.05) is 12.2 Å². The summed E-state index contributed by atoms with van der Waals surface area (Å²) in [7, 11) is 0. The third-order valence-corrected chi connectivity index (χ3v) is 5.34. The molecule has 0 radical (unpaired) electrons. The molecule has 2 aromatic rings. The molecule has 4 nitrogen and oxygen atoms in total. The lowest BCUT2D eigenvalue weighted by Gasteiger charge is -2.08. The molecule has 0 spiro atoms. The smallest absolute Gasteiger partial charge is 0.0737 e. The number of aliphatic imine (C=N–C) groups is 2. The van der Waals surface area contributed by atoms with Gasteiger partial charge in [0.25, 0.3) is 0 Å². The number of hydrogen-bond donors (Lipinski definition) is 2. The van der Waals surface area contributed by atoms with Crippen LogP contribution in [0.5, 0.6) is 0 Å². The van der Waals surface area contributed by atoms with Crippen molar-refractivity contribution < 1.29 is 0 Å². The van der Waals surface area contributed by atoms with Crippen molar-refractivity contribution >= 4 is 29.3 Å². The summed E-state index contributed by atoms with van der Waals surface area (Å²) in [5.41, 5.74) is 7.35. The number of aromatic nitrogens is 1. The van der Waals surface area contributed by atoms with E-state index in [1.54, 1.807) is 0 Å². The van der Waals surface area contributed by atoms with Gasteiger partial charge in [0.05, 0.1) is 28.9 Å². The Labute approximate surface area is 162 Å². The van der Waals surface area contributed by atoms with E-state index in [1.165, 1.54) is 5.56 Å². The predicted molar refractivity (Wildman–Crippen MR) is 114 cm³/mol. The topological polar surface area (TPSA) is 52.5 Å². The van der Waals surface area contributed by atoms with Gasteiger partial charge in [-0.25, -0.2) is 9.98 Å². The lowest BCUT2D eigenvalue weighted by Crippen LogP contribution is -2.21. The van der Waals surface area contributed by atoms with Gasteiger partial charge in [0.2, 0.25) is 0 Å². The lowest BCUT2D eigenvalue weighted by molar-refractivity contribution is 0.748. The molecule has 1 atom stereocenters. The zero-order chi connectivity index (χ0) is 18.5. The first-order valence-electron chi connectivity index (χ1n) is 9.54. The van der Waals surface area contributed by atoms with Gasteiger partial charge in [-0.05, 0) is 55.0 Å². The monoisotopic (exact) mass is 362 g/mol. The molecular formula is C24H18N4. The molecule has 28 heavy (non-hydrogen) atoms. The van der Waals surface area contributed by atoms with Crippen LogP contribution in [0.1, 0.15) is 17.5 Å². The number of benzene rings is 1. The number of allylic oxidation sites excluding steroid dienone is 4. The maximum atomic E-state index is 4.94. The third kappa shape index (κ3) is 2.62. The molecule has 4 heteroatoms. The van der Waals surface area contributed by atoms with Crippen LogP contribution in [0, 0.1) is 0 Å². The minimum atomic E-state index is 0.245. The van der Waals surface area contributed by atoms with Crippen molar-refractivity contribution in [2.24, 2.45) is 9.98 Å². The Balaban J connectivity index is 1.55. The molecule has 4 aliphatic rings. The Hall–Kier alpha value is -3.66. The van der Waals surface area contributed by atoms with Crippen molar-refractivity contribution in [1.29, 1.82) is 0 Å². The molecule has 1 unspecified atom stereocenters. The number of fused-ring (bicyclic) bond motifs is 9. The number of nitrogens with zero attached hydrogens (tertiary/aromatic N) is 2. The molecule has 5 heterocycles. The zero-order valence-corrected chi connectivity index (χ0v) is 15.2. The molecule has 2 N–H and O–H groups in total. The molecule has 8 bridgehead atoms. The second-order valence-electron chi connectivity index (χ2n) is 7.34. The first kappa shape index (κ1) is 15.4. The van der Waals surface area contributed by atoms with Crippen LogP contribution in [-0.2, 0) is 0 Å². The summed E-state index contributed by atoms with van der Waals surface area (Å²) in [6.07, 6.45) is 15.8. The van der Waals surface area contributed by atoms with E-state index < -0.39 is 0 Å². The van der Waals surface area contributed by atoms with Crippen molar-refractivity contribution in [3.05, 3.63) is 100.0 Å². The summed E-state index contributed by atoms with van der Waals surface area (Å²) in [4.78, 5) is 13.1. The zero-order valence-electron chi connectivity index (χ0n) is 15.2. The molecule has 0 fully saturated rings. The Morgan fingerprint density at radius 2 is 1.71 bits per heavy atom. The summed E-state index contributed by atoms with van der Waals surface area (Å²) in [5.74, 6) is 0. The fourth-order valence-electron chi connectivity index (χ4n) is 4.02. The van der Waals surface area contributed by atoms with E-state index >= 15 is 0 Å². The molecule has 1 aromatic heterocycles. The highest BCUT2D eigenvalue weighted by Gasteiger charge is 2.21. The molecule has 0 saturated heterocycles. The Kier molecular flexibility index (Phi) is 3.26. The Bertz CT molecular complexity index is 1310. The van der Waals surface area contributed by atoms with Crippen LogP contribution < -0.4 is 16.0 Å². The van der Waals surface area contributed by atoms with Gasteiger partial charge < -0.3 is 10.3 Å². The fourth-order valence-corrected chi connectivity index (χ4v) is 4.02. The molecular weight excluding hydrogens is 344 g/mol. The van der Waals surface area contributed by atoms with Gasteiger partial charge in [-0.2, -0.15) is 0 Å². The van der Waals surface area contributed by atoms with Gasteiger partial charge in [-0.1, -0.05) is 30.3 Å². The SMILES string of the molecule is C1=C/C2=C/C3=NC(=C\C4CC=C(/C=c5/cc/c([nH]5)=C/C1=N2)N4)/c1ccccc13. The second-order valence-corrected chi connectivity index (χ2v) is 7.34. The highest BCUT2D eigenvalue weighted by Crippen LogP contribution is 2.31. The molecule has 134 valence electrons. The Morgan fingerprint density at radius 3 is 2.64 bits per heavy atom. The third-order valence-electron chi connectivity index (χ3n) is 5.34. The summed E-state index contributed by atoms with van der Waals surface area (Å²) < 4.78 is 0. The number of nitrogens with one attached hydrogen (secondary N) is 2. The van der Waals surface area contributed by atoms with Gasteiger partial charge in [0.15, 0.2) is 0 Å². The van der Waals surface area contributed by atoms with Crippen LogP contribution in [0.4, 0.5) is 0 Å². The molecule has 0 aliphatic carbocycles. The van der Waals surface area contributed by atoms with Crippen LogP contribution >= 0.6 is 0 Å². The predicted octanol–water partition coefficient (Wildman–Crippen LogP) is 2.57. The van der Waals surface area contributed by atoms with E-state index in [2.05, 4.69) is 77.1 Å². The van der Waals surface area contributed by atoms with Crippen LogP contribution in [-0.4, -0.2) is 22.4 Å². The standard InChI is InChI=1S/C24H18N4/c1-2-4-22-21(3-1)23-13-19-9-7-17(26-19)11-15-5-6-16(25-15)12-18-8-10-20(27-18)14-24(22)28-23/h1-9,11-14,20,25,27H,10H2/b15-11-,16-12-,19-13-,24-14-. The van der Waals surface area contributed by atoms with Crippen LogP contribution in [0.2, 0.25) is 0 Å². The van der Waals surface area contributed by atoms with Gasteiger partial charge >= 0.3 is 0 Å². The summed E-state index contributed by atoms with van der Waals surface area (Å²) >= 11 is 0. The highest BCUT2D eigenvalue weighted by atomic mass is 14.9. The second kappa shape index (κ2) is 5.92. The number of H-pyrrole nitrogens is 1. The molecule has 6 rings (SSSR count). The van der Waals surface area contributed by atoms with Crippen LogP contribution in [0.15, 0.2) is 88.2 Å². The summed E-state index contributed by atoms with van der Waals surface area (Å²) in [6.45, 7) is 0. The van der Waals surface area contributed by atoms with Crippen molar-refractivity contribution in [1.82, 2.24) is 10.3 Å². The first-order valence-corrected chi connectivity index (χ1v) is 9.54. The van der Waals surface area contributed by atoms with E-state index in [0.717, 1.165) is 51.2 Å². The molecule has 4 aliphatic heterocycles. The highest BCUT2D eigenvalue weighted by molar-refractivity contribution is 6.21. The van der Waals surface area contributed by atoms with Crippen LogP contribution in [0.3, 0.4) is 0 Å². The molecule has 0 saturated carbocycles. The Morgan fingerprint density at radius 1 is 0.857 bits per heavy atom. The molecule has 0 amide bonds. The van der Waals surface area contributed by atoms with E-state index in [4.69, 9.17) is 9.98 Å². The minimum Gasteiger partial charge on any atom is -0.379 e. The van der Waals surface area contributed by atoms with E-state index in [0.29, 0.717) is 0 Å². The van der Waals surface area contributed by atoms with Gasteiger partial charge in [-0.15, -0.1) is 0 Å². The van der Waals surface area contributed by atoms with Crippen molar-refractivity contribution in [2.45, 2.75) is 12.5 Å². The fraction of sp³-hybridized carbons (Fsp3) is 0.0833. The van der Waals surface area contributed by atoms with Gasteiger partial charge in [0.1, 0.15) is 0 Å². The number of hydrogen-bond acceptors (Lipinski definition) is 3.